The number of carbonyl (C=O) groups is 2. The van der Waals surface area contributed by atoms with Gasteiger partial charge in [0.25, 0.3) is 5.91 Å². The van der Waals surface area contributed by atoms with Crippen molar-refractivity contribution >= 4 is 17.8 Å². The molecule has 0 aliphatic rings. The number of aromatic amines is 1. The van der Waals surface area contributed by atoms with Crippen molar-refractivity contribution in [1.29, 1.82) is 5.26 Å². The van der Waals surface area contributed by atoms with Crippen LogP contribution in [-0.4, -0.2) is 23.5 Å². The van der Waals surface area contributed by atoms with Crippen molar-refractivity contribution in [3.05, 3.63) is 35.4 Å². The highest BCUT2D eigenvalue weighted by molar-refractivity contribution is 6.03. The summed E-state index contributed by atoms with van der Waals surface area (Å²) >= 11 is 0. The van der Waals surface area contributed by atoms with Gasteiger partial charge in [0.1, 0.15) is 17.6 Å². The van der Waals surface area contributed by atoms with E-state index in [1.165, 1.54) is 6.07 Å². The molecule has 0 radical (unpaired) electrons. The summed E-state index contributed by atoms with van der Waals surface area (Å²) in [6.45, 7) is 1.88. The molecule has 8 heteroatoms. The highest BCUT2D eigenvalue weighted by atomic mass is 16.5. The molecule has 0 saturated heterocycles. The normalized spacial score (nSPS) is 10.0. The lowest BCUT2D eigenvalue weighted by atomic mass is 10.0. The number of anilines is 1. The van der Waals surface area contributed by atoms with Gasteiger partial charge in [0.15, 0.2) is 6.61 Å². The number of aryl methyl sites for hydroxylation is 1. The van der Waals surface area contributed by atoms with E-state index >= 15 is 0 Å². The molecule has 0 fully saturated rings. The van der Waals surface area contributed by atoms with Crippen molar-refractivity contribution in [3.63, 3.8) is 0 Å². The number of carbonyl (C=O) groups excluding carboxylic acids is 2. The number of nitrogens with two attached hydrogens (primary N) is 2. The van der Waals surface area contributed by atoms with Gasteiger partial charge in [-0.05, 0) is 30.2 Å². The summed E-state index contributed by atoms with van der Waals surface area (Å²) in [5.74, 6) is -0.137. The zero-order valence-electron chi connectivity index (χ0n) is 13.1. The lowest BCUT2D eigenvalue weighted by molar-refractivity contribution is 0.100. The standard InChI is InChI=1S/C16H17N5O3/c1-2-9-3-4-13(24-6-5-17)10(7-9)12-8-11(14(18)22)15(20-12)21-16(19)23/h3-4,7-8,20H,2,6H2,1H3,(H2,18,22)(H3,19,21,23). The molecule has 3 amide bonds. The Morgan fingerprint density at radius 2 is 2.08 bits per heavy atom. The average molecular weight is 327 g/mol. The van der Waals surface area contributed by atoms with Gasteiger partial charge in [-0.1, -0.05) is 13.0 Å². The van der Waals surface area contributed by atoms with Crippen molar-refractivity contribution in [2.45, 2.75) is 13.3 Å². The zero-order valence-corrected chi connectivity index (χ0v) is 13.1. The van der Waals surface area contributed by atoms with Gasteiger partial charge in [-0.2, -0.15) is 5.26 Å². The summed E-state index contributed by atoms with van der Waals surface area (Å²) in [5.41, 5.74) is 12.7. The largest absolute Gasteiger partial charge is 0.478 e. The van der Waals surface area contributed by atoms with Crippen LogP contribution in [0, 0.1) is 11.3 Å². The van der Waals surface area contributed by atoms with Crippen LogP contribution < -0.4 is 21.5 Å². The number of urea groups is 1. The van der Waals surface area contributed by atoms with Crippen LogP contribution in [0.3, 0.4) is 0 Å². The van der Waals surface area contributed by atoms with Crippen molar-refractivity contribution in [3.8, 4) is 23.1 Å². The molecule has 124 valence electrons. The van der Waals surface area contributed by atoms with Crippen molar-refractivity contribution in [1.82, 2.24) is 4.98 Å². The van der Waals surface area contributed by atoms with Crippen molar-refractivity contribution in [2.75, 3.05) is 11.9 Å². The van der Waals surface area contributed by atoms with Crippen molar-refractivity contribution in [2.24, 2.45) is 11.5 Å². The number of nitrogens with zero attached hydrogens (tertiary/aromatic N) is 1. The Morgan fingerprint density at radius 3 is 2.67 bits per heavy atom. The number of ether oxygens (including phenoxy) is 1. The minimum absolute atomic E-state index is 0.0944. The molecular weight excluding hydrogens is 310 g/mol. The Morgan fingerprint density at radius 1 is 1.33 bits per heavy atom. The van der Waals surface area contributed by atoms with Crippen molar-refractivity contribution < 1.29 is 14.3 Å². The molecule has 0 bridgehead atoms. The molecule has 2 aromatic rings. The molecule has 2 rings (SSSR count). The Hall–Kier alpha value is -3.47. The van der Waals surface area contributed by atoms with E-state index in [1.54, 1.807) is 6.07 Å². The number of H-pyrrole nitrogens is 1. The van der Waals surface area contributed by atoms with Gasteiger partial charge in [0.05, 0.1) is 11.3 Å². The molecule has 1 aromatic heterocycles. The third kappa shape index (κ3) is 3.64. The molecule has 0 atom stereocenters. The van der Waals surface area contributed by atoms with Gasteiger partial charge >= 0.3 is 6.03 Å². The smallest absolute Gasteiger partial charge is 0.317 e. The van der Waals surface area contributed by atoms with Gasteiger partial charge in [0.2, 0.25) is 0 Å². The van der Waals surface area contributed by atoms with Crippen LogP contribution in [0.15, 0.2) is 24.3 Å². The van der Waals surface area contributed by atoms with Crippen LogP contribution in [0.1, 0.15) is 22.8 Å². The second-order valence-electron chi connectivity index (χ2n) is 4.96. The van der Waals surface area contributed by atoms with Crippen LogP contribution >= 0.6 is 0 Å². The maximum absolute atomic E-state index is 11.6. The van der Waals surface area contributed by atoms with Crippen LogP contribution in [0.2, 0.25) is 0 Å². The minimum Gasteiger partial charge on any atom is -0.478 e. The summed E-state index contributed by atoms with van der Waals surface area (Å²) in [6, 6.07) is 8.09. The van der Waals surface area contributed by atoms with Crippen LogP contribution in [0.25, 0.3) is 11.3 Å². The van der Waals surface area contributed by atoms with Gasteiger partial charge in [0, 0.05) is 5.56 Å². The fraction of sp³-hybridized carbons (Fsp3) is 0.188. The van der Waals surface area contributed by atoms with Gasteiger partial charge in [-0.3, -0.25) is 10.1 Å². The number of amides is 3. The number of benzene rings is 1. The van der Waals surface area contributed by atoms with E-state index in [9.17, 15) is 9.59 Å². The lowest BCUT2D eigenvalue weighted by Crippen LogP contribution is -2.22. The number of hydrogen-bond acceptors (Lipinski definition) is 4. The molecule has 8 nitrogen and oxygen atoms in total. The molecule has 0 aliphatic heterocycles. The van der Waals surface area contributed by atoms with E-state index in [0.717, 1.165) is 12.0 Å². The summed E-state index contributed by atoms with van der Waals surface area (Å²) < 4.78 is 5.42. The molecule has 24 heavy (non-hydrogen) atoms. The van der Waals surface area contributed by atoms with E-state index in [0.29, 0.717) is 17.0 Å². The van der Waals surface area contributed by atoms with E-state index in [1.807, 2.05) is 25.1 Å². The average Bonchev–Trinajstić information content (AvgIpc) is 2.96. The Kier molecular flexibility index (Phi) is 5.06. The summed E-state index contributed by atoms with van der Waals surface area (Å²) in [5, 5.41) is 11.0. The SMILES string of the molecule is CCc1ccc(OCC#N)c(-c2cc(C(N)=O)c(NC(N)=O)[nH]2)c1. The zero-order chi connectivity index (χ0) is 17.7. The second kappa shape index (κ2) is 7.19. The maximum Gasteiger partial charge on any atom is 0.317 e. The van der Waals surface area contributed by atoms with E-state index in [2.05, 4.69) is 10.3 Å². The number of nitrogens with one attached hydrogen (secondary N) is 2. The molecule has 1 heterocycles. The van der Waals surface area contributed by atoms with E-state index in [4.69, 9.17) is 21.5 Å². The highest BCUT2D eigenvalue weighted by Crippen LogP contribution is 2.33. The fourth-order valence-corrected chi connectivity index (χ4v) is 2.26. The topological polar surface area (TPSA) is 147 Å². The van der Waals surface area contributed by atoms with Gasteiger partial charge < -0.3 is 21.2 Å². The first-order valence-electron chi connectivity index (χ1n) is 7.18. The van der Waals surface area contributed by atoms with Crippen LogP contribution in [0.4, 0.5) is 10.6 Å². The number of primary amides is 2. The van der Waals surface area contributed by atoms with Gasteiger partial charge in [-0.15, -0.1) is 0 Å². The summed E-state index contributed by atoms with van der Waals surface area (Å²) in [7, 11) is 0. The monoisotopic (exact) mass is 327 g/mol. The first-order chi connectivity index (χ1) is 11.5. The third-order valence-corrected chi connectivity index (χ3v) is 3.37. The van der Waals surface area contributed by atoms with E-state index < -0.39 is 11.9 Å². The van der Waals surface area contributed by atoms with Crippen LogP contribution in [0.5, 0.6) is 5.75 Å². The third-order valence-electron chi connectivity index (χ3n) is 3.37. The summed E-state index contributed by atoms with van der Waals surface area (Å²) in [4.78, 5) is 25.5. The Bertz CT molecular complexity index is 820. The molecule has 1 aromatic carbocycles. The van der Waals surface area contributed by atoms with Gasteiger partial charge in [-0.25, -0.2) is 4.79 Å². The number of rotatable bonds is 6. The molecule has 0 spiro atoms. The summed E-state index contributed by atoms with van der Waals surface area (Å²) in [6.07, 6.45) is 0.793. The Labute approximate surface area is 138 Å². The number of nitriles is 1. The van der Waals surface area contributed by atoms with Crippen LogP contribution in [-0.2, 0) is 6.42 Å². The lowest BCUT2D eigenvalue weighted by Gasteiger charge is -2.10. The van der Waals surface area contributed by atoms with E-state index in [-0.39, 0.29) is 18.0 Å². The first-order valence-corrected chi connectivity index (χ1v) is 7.18. The molecular formula is C16H17N5O3. The predicted molar refractivity (Wildman–Crippen MR) is 88.4 cm³/mol. The number of hydrogen-bond donors (Lipinski definition) is 4. The molecule has 6 N–H and O–H groups in total. The molecule has 0 saturated carbocycles. The minimum atomic E-state index is -0.825. The second-order valence-corrected chi connectivity index (χ2v) is 4.96. The fourth-order valence-electron chi connectivity index (χ4n) is 2.26. The Balaban J connectivity index is 2.55. The highest BCUT2D eigenvalue weighted by Gasteiger charge is 2.17. The molecule has 0 unspecified atom stereocenters. The quantitative estimate of drug-likeness (QED) is 0.639. The number of aromatic nitrogens is 1. The molecule has 0 aliphatic carbocycles. The maximum atomic E-state index is 11.6. The predicted octanol–water partition coefficient (Wildman–Crippen LogP) is 1.74. The first kappa shape index (κ1) is 16.9.